The fourth-order valence-corrected chi connectivity index (χ4v) is 1.72. The fourth-order valence-electron chi connectivity index (χ4n) is 1.72. The molecule has 0 fully saturated rings. The van der Waals surface area contributed by atoms with Gasteiger partial charge in [0.1, 0.15) is 0 Å². The van der Waals surface area contributed by atoms with Crippen molar-refractivity contribution in [3.8, 4) is 0 Å². The zero-order chi connectivity index (χ0) is 12.8. The van der Waals surface area contributed by atoms with Crippen LogP contribution in [-0.2, 0) is 0 Å². The molecule has 0 radical (unpaired) electrons. The van der Waals surface area contributed by atoms with Gasteiger partial charge in [0.05, 0.1) is 17.6 Å². The second kappa shape index (κ2) is 6.40. The second-order valence-electron chi connectivity index (χ2n) is 4.43. The van der Waals surface area contributed by atoms with E-state index in [1.165, 1.54) is 0 Å². The van der Waals surface area contributed by atoms with Crippen molar-refractivity contribution < 1.29 is 0 Å². The monoisotopic (exact) mass is 233 g/mol. The fraction of sp³-hybridized carbons (Fsp3) is 0.500. The Morgan fingerprint density at radius 1 is 1.47 bits per heavy atom. The van der Waals surface area contributed by atoms with Crippen LogP contribution in [0.25, 0.3) is 0 Å². The van der Waals surface area contributed by atoms with Crippen LogP contribution in [0.2, 0.25) is 0 Å². The van der Waals surface area contributed by atoms with Gasteiger partial charge < -0.3 is 10.6 Å². The predicted molar refractivity (Wildman–Crippen MR) is 74.2 cm³/mol. The molecular formula is C14H23N3. The highest BCUT2D eigenvalue weighted by Crippen LogP contribution is 2.17. The van der Waals surface area contributed by atoms with E-state index in [9.17, 15) is 0 Å². The molecule has 0 aliphatic carbocycles. The smallest absolute Gasteiger partial charge is 0.0572 e. The van der Waals surface area contributed by atoms with Gasteiger partial charge in [-0.05, 0) is 32.4 Å². The summed E-state index contributed by atoms with van der Waals surface area (Å²) in [5.41, 5.74) is 9.19. The highest BCUT2D eigenvalue weighted by molar-refractivity contribution is 5.45. The first-order chi connectivity index (χ1) is 8.08. The minimum Gasteiger partial charge on any atom is -0.367 e. The molecule has 1 aromatic heterocycles. The number of rotatable bonds is 6. The first kappa shape index (κ1) is 13.7. The van der Waals surface area contributed by atoms with Gasteiger partial charge in [-0.2, -0.15) is 0 Å². The lowest BCUT2D eigenvalue weighted by molar-refractivity contribution is 0.675. The first-order valence-corrected chi connectivity index (χ1v) is 6.19. The summed E-state index contributed by atoms with van der Waals surface area (Å²) in [6.07, 6.45) is 2.81. The molecule has 1 atom stereocenters. The van der Waals surface area contributed by atoms with E-state index >= 15 is 0 Å². The molecule has 1 aromatic rings. The van der Waals surface area contributed by atoms with Crippen molar-refractivity contribution in [2.24, 2.45) is 5.73 Å². The van der Waals surface area contributed by atoms with Crippen LogP contribution in [-0.4, -0.2) is 18.1 Å². The maximum Gasteiger partial charge on any atom is 0.0572 e. The number of hydrogen-bond acceptors (Lipinski definition) is 3. The van der Waals surface area contributed by atoms with Gasteiger partial charge >= 0.3 is 0 Å². The number of nitrogens with zero attached hydrogens (tertiary/aromatic N) is 2. The van der Waals surface area contributed by atoms with Gasteiger partial charge in [-0.15, -0.1) is 0 Å². The SMILES string of the molecule is C=C(C)CN(CC)c1ccc([C@H](N)CC)nc1. The van der Waals surface area contributed by atoms with Crippen LogP contribution in [0.3, 0.4) is 0 Å². The van der Waals surface area contributed by atoms with Gasteiger partial charge in [-0.25, -0.2) is 0 Å². The molecule has 3 nitrogen and oxygen atoms in total. The van der Waals surface area contributed by atoms with Crippen molar-refractivity contribution in [3.05, 3.63) is 36.2 Å². The van der Waals surface area contributed by atoms with Gasteiger partial charge in [0.25, 0.3) is 0 Å². The van der Waals surface area contributed by atoms with E-state index in [2.05, 4.69) is 36.4 Å². The molecule has 94 valence electrons. The summed E-state index contributed by atoms with van der Waals surface area (Å²) in [7, 11) is 0. The summed E-state index contributed by atoms with van der Waals surface area (Å²) in [5, 5.41) is 0. The van der Waals surface area contributed by atoms with Crippen LogP contribution in [0.4, 0.5) is 5.69 Å². The molecule has 0 aromatic carbocycles. The van der Waals surface area contributed by atoms with Crippen LogP contribution >= 0.6 is 0 Å². The highest BCUT2D eigenvalue weighted by Gasteiger charge is 2.07. The average Bonchev–Trinajstić information content (AvgIpc) is 2.35. The summed E-state index contributed by atoms with van der Waals surface area (Å²) in [6.45, 7) is 12.0. The van der Waals surface area contributed by atoms with Gasteiger partial charge in [0.15, 0.2) is 0 Å². The van der Waals surface area contributed by atoms with Crippen molar-refractivity contribution in [1.29, 1.82) is 0 Å². The van der Waals surface area contributed by atoms with E-state index in [1.807, 2.05) is 19.2 Å². The Balaban J connectivity index is 2.81. The van der Waals surface area contributed by atoms with Gasteiger partial charge in [0, 0.05) is 19.1 Å². The van der Waals surface area contributed by atoms with Crippen molar-refractivity contribution in [2.75, 3.05) is 18.0 Å². The molecule has 17 heavy (non-hydrogen) atoms. The van der Waals surface area contributed by atoms with E-state index in [0.717, 1.165) is 36.5 Å². The van der Waals surface area contributed by atoms with E-state index < -0.39 is 0 Å². The molecule has 0 unspecified atom stereocenters. The molecule has 1 rings (SSSR count). The topological polar surface area (TPSA) is 42.1 Å². The Hall–Kier alpha value is -1.35. The van der Waals surface area contributed by atoms with Crippen molar-refractivity contribution in [1.82, 2.24) is 4.98 Å². The van der Waals surface area contributed by atoms with Gasteiger partial charge in [-0.1, -0.05) is 19.1 Å². The maximum absolute atomic E-state index is 5.94. The Bertz CT molecular complexity index is 356. The Kier molecular flexibility index (Phi) is 5.16. The third-order valence-electron chi connectivity index (χ3n) is 2.80. The van der Waals surface area contributed by atoms with Crippen LogP contribution in [0.5, 0.6) is 0 Å². The molecular weight excluding hydrogens is 210 g/mol. The minimum atomic E-state index is 0.0419. The second-order valence-corrected chi connectivity index (χ2v) is 4.43. The minimum absolute atomic E-state index is 0.0419. The molecule has 0 saturated heterocycles. The summed E-state index contributed by atoms with van der Waals surface area (Å²) in [4.78, 5) is 6.68. The third kappa shape index (κ3) is 3.86. The van der Waals surface area contributed by atoms with Crippen molar-refractivity contribution in [3.63, 3.8) is 0 Å². The van der Waals surface area contributed by atoms with Gasteiger partial charge in [0.2, 0.25) is 0 Å². The van der Waals surface area contributed by atoms with Crippen LogP contribution in [0.1, 0.15) is 38.9 Å². The number of hydrogen-bond donors (Lipinski definition) is 1. The molecule has 0 amide bonds. The van der Waals surface area contributed by atoms with E-state index in [1.54, 1.807) is 0 Å². The first-order valence-electron chi connectivity index (χ1n) is 6.19. The standard InChI is InChI=1S/C14H23N3/c1-5-13(15)14-8-7-12(9-16-14)17(6-2)10-11(3)4/h7-9,13H,3,5-6,10,15H2,1-2,4H3/t13-/m1/s1. The number of likely N-dealkylation sites (N-methyl/N-ethyl adjacent to an activating group) is 1. The molecule has 0 aliphatic rings. The lowest BCUT2D eigenvalue weighted by Gasteiger charge is -2.23. The van der Waals surface area contributed by atoms with E-state index in [0.29, 0.717) is 0 Å². The van der Waals surface area contributed by atoms with Crippen molar-refractivity contribution >= 4 is 5.69 Å². The zero-order valence-electron chi connectivity index (χ0n) is 11.1. The summed E-state index contributed by atoms with van der Waals surface area (Å²) >= 11 is 0. The normalized spacial score (nSPS) is 12.2. The summed E-state index contributed by atoms with van der Waals surface area (Å²) in [6, 6.07) is 4.15. The highest BCUT2D eigenvalue weighted by atomic mass is 15.1. The molecule has 0 aliphatic heterocycles. The average molecular weight is 233 g/mol. The summed E-state index contributed by atoms with van der Waals surface area (Å²) in [5.74, 6) is 0. The lowest BCUT2D eigenvalue weighted by atomic mass is 10.1. The van der Waals surface area contributed by atoms with Crippen LogP contribution in [0.15, 0.2) is 30.5 Å². The number of nitrogens with two attached hydrogens (primary N) is 1. The molecule has 1 heterocycles. The third-order valence-corrected chi connectivity index (χ3v) is 2.80. The molecule has 2 N–H and O–H groups in total. The van der Waals surface area contributed by atoms with Gasteiger partial charge in [-0.3, -0.25) is 4.98 Å². The number of aromatic nitrogens is 1. The number of anilines is 1. The Labute approximate surface area is 104 Å². The molecule has 0 saturated carbocycles. The van der Waals surface area contributed by atoms with Crippen molar-refractivity contribution in [2.45, 2.75) is 33.2 Å². The quantitative estimate of drug-likeness (QED) is 0.768. The van der Waals surface area contributed by atoms with Crippen LogP contribution in [0, 0.1) is 0 Å². The lowest BCUT2D eigenvalue weighted by Crippen LogP contribution is -2.24. The van der Waals surface area contributed by atoms with E-state index in [4.69, 9.17) is 5.73 Å². The molecule has 0 bridgehead atoms. The summed E-state index contributed by atoms with van der Waals surface area (Å²) < 4.78 is 0. The maximum atomic E-state index is 5.94. The number of pyridine rings is 1. The van der Waals surface area contributed by atoms with Crippen LogP contribution < -0.4 is 10.6 Å². The Morgan fingerprint density at radius 3 is 2.59 bits per heavy atom. The Morgan fingerprint density at radius 2 is 2.18 bits per heavy atom. The zero-order valence-corrected chi connectivity index (χ0v) is 11.1. The van der Waals surface area contributed by atoms with E-state index in [-0.39, 0.29) is 6.04 Å². The largest absolute Gasteiger partial charge is 0.367 e. The molecule has 3 heteroatoms. The molecule has 0 spiro atoms. The predicted octanol–water partition coefficient (Wildman–Crippen LogP) is 2.89.